The van der Waals surface area contributed by atoms with Crippen LogP contribution in [-0.2, 0) is 12.0 Å². The van der Waals surface area contributed by atoms with Gasteiger partial charge in [0, 0.05) is 12.5 Å². The summed E-state index contributed by atoms with van der Waals surface area (Å²) in [6.45, 7) is 1.84. The van der Waals surface area contributed by atoms with Crippen LogP contribution in [0, 0.1) is 0 Å². The summed E-state index contributed by atoms with van der Waals surface area (Å²) >= 11 is 0. The molecule has 3 N–H and O–H groups in total. The molecule has 2 rings (SSSR count). The predicted octanol–water partition coefficient (Wildman–Crippen LogP) is 2.46. The van der Waals surface area contributed by atoms with Gasteiger partial charge in [-0.3, -0.25) is 0 Å². The highest BCUT2D eigenvalue weighted by Gasteiger charge is 2.33. The number of benzene rings is 2. The Hall–Kier alpha value is -1.64. The van der Waals surface area contributed by atoms with Crippen LogP contribution >= 0.6 is 0 Å². The number of aliphatic hydroxyl groups is 1. The van der Waals surface area contributed by atoms with Gasteiger partial charge in [0.2, 0.25) is 0 Å². The molecule has 2 aromatic carbocycles. The second kappa shape index (κ2) is 5.34. The van der Waals surface area contributed by atoms with E-state index in [9.17, 15) is 5.11 Å². The summed E-state index contributed by atoms with van der Waals surface area (Å²) in [4.78, 5) is 0. The summed E-state index contributed by atoms with van der Waals surface area (Å²) in [6, 6.07) is 19.2. The highest BCUT2D eigenvalue weighted by molar-refractivity contribution is 5.28. The highest BCUT2D eigenvalue weighted by atomic mass is 16.3. The second-order valence-electron chi connectivity index (χ2n) is 4.74. The number of rotatable bonds is 4. The van der Waals surface area contributed by atoms with Crippen molar-refractivity contribution in [3.63, 3.8) is 0 Å². The average molecular weight is 241 g/mol. The van der Waals surface area contributed by atoms with Gasteiger partial charge in [0.05, 0.1) is 0 Å². The zero-order chi connectivity index (χ0) is 13.0. The molecular weight excluding hydrogens is 222 g/mol. The average Bonchev–Trinajstić information content (AvgIpc) is 2.40. The first-order valence-corrected chi connectivity index (χ1v) is 6.20. The van der Waals surface area contributed by atoms with Crippen LogP contribution in [0.2, 0.25) is 0 Å². The molecule has 0 amide bonds. The summed E-state index contributed by atoms with van der Waals surface area (Å²) in [6.07, 6.45) is 0.523. The second-order valence-corrected chi connectivity index (χ2v) is 4.74. The van der Waals surface area contributed by atoms with Crippen LogP contribution in [0.5, 0.6) is 0 Å². The van der Waals surface area contributed by atoms with E-state index in [1.54, 1.807) is 0 Å². The molecule has 0 bridgehead atoms. The van der Waals surface area contributed by atoms with Gasteiger partial charge in [-0.15, -0.1) is 0 Å². The van der Waals surface area contributed by atoms with Gasteiger partial charge in [0.15, 0.2) is 0 Å². The van der Waals surface area contributed by atoms with E-state index < -0.39 is 5.60 Å². The molecule has 18 heavy (non-hydrogen) atoms. The third-order valence-corrected chi connectivity index (χ3v) is 3.34. The largest absolute Gasteiger partial charge is 0.383 e. The maximum absolute atomic E-state index is 10.9. The number of nitrogens with two attached hydrogens (primary N) is 1. The zero-order valence-corrected chi connectivity index (χ0v) is 10.6. The fraction of sp³-hybridized carbons (Fsp3) is 0.250. The molecule has 2 nitrogen and oxygen atoms in total. The van der Waals surface area contributed by atoms with Crippen molar-refractivity contribution >= 4 is 0 Å². The molecule has 0 heterocycles. The molecule has 1 unspecified atom stereocenters. The van der Waals surface area contributed by atoms with Crippen LogP contribution in [0.3, 0.4) is 0 Å². The maximum atomic E-state index is 10.9. The summed E-state index contributed by atoms with van der Waals surface area (Å²) in [7, 11) is 0. The van der Waals surface area contributed by atoms with Crippen molar-refractivity contribution in [1.82, 2.24) is 0 Å². The monoisotopic (exact) mass is 241 g/mol. The van der Waals surface area contributed by atoms with E-state index in [0.717, 1.165) is 11.1 Å². The van der Waals surface area contributed by atoms with Gasteiger partial charge in [-0.2, -0.15) is 0 Å². The normalized spacial score (nSPS) is 15.9. The first kappa shape index (κ1) is 12.8. The van der Waals surface area contributed by atoms with E-state index in [2.05, 4.69) is 0 Å². The Bertz CT molecular complexity index is 481. The Morgan fingerprint density at radius 3 is 2.00 bits per heavy atom. The van der Waals surface area contributed by atoms with E-state index in [1.807, 2.05) is 67.6 Å². The minimum absolute atomic E-state index is 0.333. The molecule has 0 aliphatic carbocycles. The van der Waals surface area contributed by atoms with Crippen molar-refractivity contribution in [2.45, 2.75) is 25.0 Å². The fourth-order valence-electron chi connectivity index (χ4n) is 2.16. The molecule has 2 aromatic rings. The fourth-order valence-corrected chi connectivity index (χ4v) is 2.16. The van der Waals surface area contributed by atoms with E-state index in [-0.39, 0.29) is 6.04 Å². The lowest BCUT2D eigenvalue weighted by Crippen LogP contribution is -2.45. The van der Waals surface area contributed by atoms with Crippen molar-refractivity contribution in [2.75, 3.05) is 0 Å². The molecule has 0 aromatic heterocycles. The third-order valence-electron chi connectivity index (χ3n) is 3.34. The minimum Gasteiger partial charge on any atom is -0.383 e. The van der Waals surface area contributed by atoms with Crippen molar-refractivity contribution in [3.8, 4) is 0 Å². The lowest BCUT2D eigenvalue weighted by molar-refractivity contribution is 0.0153. The quantitative estimate of drug-likeness (QED) is 0.863. The van der Waals surface area contributed by atoms with Gasteiger partial charge in [-0.05, 0) is 18.1 Å². The molecular formula is C16H19NO. The third kappa shape index (κ3) is 2.61. The molecule has 2 heteroatoms. The molecule has 0 radical (unpaired) electrons. The van der Waals surface area contributed by atoms with Crippen LogP contribution in [0.15, 0.2) is 60.7 Å². The molecule has 0 aliphatic rings. The van der Waals surface area contributed by atoms with Gasteiger partial charge < -0.3 is 10.8 Å². The van der Waals surface area contributed by atoms with E-state index in [1.165, 1.54) is 0 Å². The Morgan fingerprint density at radius 2 is 1.50 bits per heavy atom. The lowest BCUT2D eigenvalue weighted by atomic mass is 9.82. The van der Waals surface area contributed by atoms with Gasteiger partial charge in [-0.25, -0.2) is 0 Å². The summed E-state index contributed by atoms with van der Waals surface area (Å²) in [5, 5.41) is 10.9. The standard InChI is InChI=1S/C16H19NO/c1-13(17)16(18,15-10-6-3-7-11-15)12-14-8-4-2-5-9-14/h2-11,13,18H,12,17H2,1H3/t13-,16?/m0/s1. The first-order valence-electron chi connectivity index (χ1n) is 6.20. The smallest absolute Gasteiger partial charge is 0.108 e. The summed E-state index contributed by atoms with van der Waals surface area (Å²) < 4.78 is 0. The Morgan fingerprint density at radius 1 is 1.00 bits per heavy atom. The zero-order valence-electron chi connectivity index (χ0n) is 10.6. The van der Waals surface area contributed by atoms with Crippen molar-refractivity contribution < 1.29 is 5.11 Å². The van der Waals surface area contributed by atoms with Crippen LogP contribution in [0.1, 0.15) is 18.1 Å². The molecule has 0 saturated carbocycles. The van der Waals surface area contributed by atoms with Crippen molar-refractivity contribution in [2.24, 2.45) is 5.73 Å². The molecule has 0 saturated heterocycles. The maximum Gasteiger partial charge on any atom is 0.108 e. The summed E-state index contributed by atoms with van der Waals surface area (Å²) in [5.41, 5.74) is 6.92. The predicted molar refractivity (Wildman–Crippen MR) is 74.1 cm³/mol. The molecule has 0 spiro atoms. The van der Waals surface area contributed by atoms with Gasteiger partial charge in [0.1, 0.15) is 5.60 Å². The van der Waals surface area contributed by atoms with E-state index in [4.69, 9.17) is 5.73 Å². The number of hydrogen-bond donors (Lipinski definition) is 2. The van der Waals surface area contributed by atoms with E-state index in [0.29, 0.717) is 6.42 Å². The number of hydrogen-bond acceptors (Lipinski definition) is 2. The topological polar surface area (TPSA) is 46.2 Å². The SMILES string of the molecule is C[C@H](N)C(O)(Cc1ccccc1)c1ccccc1. The highest BCUT2D eigenvalue weighted by Crippen LogP contribution is 2.28. The molecule has 0 fully saturated rings. The lowest BCUT2D eigenvalue weighted by Gasteiger charge is -2.32. The van der Waals surface area contributed by atoms with Crippen LogP contribution in [-0.4, -0.2) is 11.1 Å². The van der Waals surface area contributed by atoms with Gasteiger partial charge in [0.25, 0.3) is 0 Å². The van der Waals surface area contributed by atoms with Crippen LogP contribution < -0.4 is 5.73 Å². The molecule has 94 valence electrons. The Labute approximate surface area is 108 Å². The van der Waals surface area contributed by atoms with Crippen molar-refractivity contribution in [1.29, 1.82) is 0 Å². The van der Waals surface area contributed by atoms with E-state index >= 15 is 0 Å². The summed E-state index contributed by atoms with van der Waals surface area (Å²) in [5.74, 6) is 0. The molecule has 0 aliphatic heterocycles. The van der Waals surface area contributed by atoms with Crippen LogP contribution in [0.4, 0.5) is 0 Å². The molecule has 2 atom stereocenters. The first-order chi connectivity index (χ1) is 8.63. The Kier molecular flexibility index (Phi) is 3.80. The van der Waals surface area contributed by atoms with Crippen LogP contribution in [0.25, 0.3) is 0 Å². The van der Waals surface area contributed by atoms with Crippen molar-refractivity contribution in [3.05, 3.63) is 71.8 Å². The minimum atomic E-state index is -1.03. The van der Waals surface area contributed by atoms with Gasteiger partial charge in [-0.1, -0.05) is 60.7 Å². The Balaban J connectivity index is 2.34. The van der Waals surface area contributed by atoms with Gasteiger partial charge >= 0.3 is 0 Å².